The molecule has 7 nitrogen and oxygen atoms in total. The molecule has 0 bridgehead atoms. The second-order valence-corrected chi connectivity index (χ2v) is 5.92. The summed E-state index contributed by atoms with van der Waals surface area (Å²) in [7, 11) is 4.57. The molecule has 0 radical (unpaired) electrons. The summed E-state index contributed by atoms with van der Waals surface area (Å²) in [6.07, 6.45) is 3.50. The number of hydrogen-bond donors (Lipinski definition) is 2. The molecule has 28 heavy (non-hydrogen) atoms. The van der Waals surface area contributed by atoms with Crippen LogP contribution in [0.5, 0.6) is 23.0 Å². The minimum atomic E-state index is -0.573. The van der Waals surface area contributed by atoms with Crippen molar-refractivity contribution in [2.24, 2.45) is 0 Å². The van der Waals surface area contributed by atoms with Crippen LogP contribution in [0.15, 0.2) is 47.3 Å². The highest BCUT2D eigenvalue weighted by atomic mass is 16.5. The molecule has 0 fully saturated rings. The second kappa shape index (κ2) is 9.45. The molecule has 0 aliphatic rings. The van der Waals surface area contributed by atoms with E-state index in [2.05, 4.69) is 5.32 Å². The molecule has 0 heterocycles. The Morgan fingerprint density at radius 3 is 2.25 bits per heavy atom. The van der Waals surface area contributed by atoms with E-state index in [1.807, 2.05) is 0 Å². The number of amides is 1. The zero-order valence-electron chi connectivity index (χ0n) is 16.2. The van der Waals surface area contributed by atoms with Crippen LogP contribution in [-0.4, -0.2) is 32.3 Å². The van der Waals surface area contributed by atoms with Gasteiger partial charge in [-0.15, -0.1) is 0 Å². The predicted octanol–water partition coefficient (Wildman–Crippen LogP) is 2.67. The number of aromatic hydroxyl groups is 1. The highest BCUT2D eigenvalue weighted by Gasteiger charge is 2.14. The number of carbonyl (C=O) groups excluding carboxylic acids is 1. The molecule has 7 heteroatoms. The lowest BCUT2D eigenvalue weighted by Crippen LogP contribution is -2.24. The molecule has 0 saturated heterocycles. The number of hydrogen-bond acceptors (Lipinski definition) is 6. The molecule has 2 aromatic rings. The van der Waals surface area contributed by atoms with E-state index in [9.17, 15) is 14.7 Å². The van der Waals surface area contributed by atoms with Gasteiger partial charge < -0.3 is 24.6 Å². The van der Waals surface area contributed by atoms with Crippen LogP contribution in [0.2, 0.25) is 0 Å². The lowest BCUT2D eigenvalue weighted by molar-refractivity contribution is -0.119. The molecule has 0 unspecified atom stereocenters. The van der Waals surface area contributed by atoms with E-state index in [1.54, 1.807) is 36.4 Å². The van der Waals surface area contributed by atoms with Crippen molar-refractivity contribution in [3.8, 4) is 23.0 Å². The van der Waals surface area contributed by atoms with E-state index in [0.29, 0.717) is 22.8 Å². The summed E-state index contributed by atoms with van der Waals surface area (Å²) in [6, 6.07) is 8.75. The smallest absolute Gasteiger partial charge is 0.220 e. The molecular weight excluding hydrogens is 362 g/mol. The Kier molecular flexibility index (Phi) is 7.03. The van der Waals surface area contributed by atoms with E-state index < -0.39 is 11.5 Å². The number of methoxy groups -OCH3 is 3. The van der Waals surface area contributed by atoms with Crippen LogP contribution in [0, 0.1) is 0 Å². The summed E-state index contributed by atoms with van der Waals surface area (Å²) in [5.41, 5.74) is 0.746. The number of ether oxygens (including phenoxy) is 3. The van der Waals surface area contributed by atoms with E-state index in [4.69, 9.17) is 14.2 Å². The second-order valence-electron chi connectivity index (χ2n) is 5.92. The monoisotopic (exact) mass is 385 g/mol. The van der Waals surface area contributed by atoms with Crippen LogP contribution in [0.1, 0.15) is 24.1 Å². The Morgan fingerprint density at radius 1 is 1.07 bits per heavy atom. The standard InChI is InChI=1S/C21H23NO6/c1-13(23)22-16(15-6-5-7-17(24)18(25)12-15)9-8-14-10-19(26-2)21(28-4)20(11-14)27-3/h5-12,16H,1-4H3,(H,22,23)(H,24,25)/b9-8-/t16-/m1/s1. The topological polar surface area (TPSA) is 94.1 Å². The van der Waals surface area contributed by atoms with Gasteiger partial charge in [-0.3, -0.25) is 9.59 Å². The van der Waals surface area contributed by atoms with Gasteiger partial charge in [0, 0.05) is 6.92 Å². The summed E-state index contributed by atoms with van der Waals surface area (Å²) >= 11 is 0. The van der Waals surface area contributed by atoms with Gasteiger partial charge in [0.2, 0.25) is 17.1 Å². The normalized spacial score (nSPS) is 11.7. The summed E-state index contributed by atoms with van der Waals surface area (Å²) in [6.45, 7) is 1.39. The van der Waals surface area contributed by atoms with E-state index in [-0.39, 0.29) is 11.7 Å². The van der Waals surface area contributed by atoms with Crippen molar-refractivity contribution in [3.63, 3.8) is 0 Å². The van der Waals surface area contributed by atoms with Crippen molar-refractivity contribution in [2.75, 3.05) is 21.3 Å². The molecule has 0 saturated carbocycles. The molecule has 1 atom stereocenters. The van der Waals surface area contributed by atoms with Gasteiger partial charge in [-0.2, -0.15) is 0 Å². The van der Waals surface area contributed by atoms with Crippen LogP contribution < -0.4 is 25.0 Å². The first kappa shape index (κ1) is 20.8. The molecule has 148 valence electrons. The molecule has 1 amide bonds. The molecule has 0 aliphatic heterocycles. The minimum absolute atomic E-state index is 0.261. The summed E-state index contributed by atoms with van der Waals surface area (Å²) in [5, 5.41) is 12.4. The molecule has 2 aromatic carbocycles. The number of rotatable bonds is 7. The maximum absolute atomic E-state index is 11.9. The number of benzene rings is 1. The van der Waals surface area contributed by atoms with Gasteiger partial charge in [0.1, 0.15) is 0 Å². The summed E-state index contributed by atoms with van der Waals surface area (Å²) in [5.74, 6) is 0.845. The van der Waals surface area contributed by atoms with Gasteiger partial charge in [0.15, 0.2) is 17.2 Å². The van der Waals surface area contributed by atoms with Gasteiger partial charge in [-0.25, -0.2) is 0 Å². The third kappa shape index (κ3) is 5.03. The van der Waals surface area contributed by atoms with Crippen LogP contribution in [-0.2, 0) is 4.79 Å². The zero-order valence-corrected chi connectivity index (χ0v) is 16.2. The Morgan fingerprint density at radius 2 is 1.71 bits per heavy atom. The van der Waals surface area contributed by atoms with Crippen molar-refractivity contribution in [1.29, 1.82) is 0 Å². The first-order chi connectivity index (χ1) is 13.4. The lowest BCUT2D eigenvalue weighted by Gasteiger charge is -2.15. The van der Waals surface area contributed by atoms with Gasteiger partial charge in [-0.1, -0.05) is 24.3 Å². The summed E-state index contributed by atoms with van der Waals surface area (Å²) < 4.78 is 16.0. The first-order valence-corrected chi connectivity index (χ1v) is 8.48. The fourth-order valence-electron chi connectivity index (χ4n) is 2.67. The fourth-order valence-corrected chi connectivity index (χ4v) is 2.67. The average Bonchev–Trinajstić information content (AvgIpc) is 2.84. The Labute approximate surface area is 163 Å². The van der Waals surface area contributed by atoms with Crippen molar-refractivity contribution >= 4 is 12.0 Å². The minimum Gasteiger partial charge on any atom is -0.504 e. The van der Waals surface area contributed by atoms with Gasteiger partial charge in [-0.05, 0) is 35.4 Å². The Bertz CT molecular complexity index is 913. The maximum Gasteiger partial charge on any atom is 0.220 e. The van der Waals surface area contributed by atoms with E-state index in [1.165, 1.54) is 40.4 Å². The third-order valence-corrected chi connectivity index (χ3v) is 3.98. The van der Waals surface area contributed by atoms with Crippen LogP contribution in [0.3, 0.4) is 0 Å². The quantitative estimate of drug-likeness (QED) is 0.761. The highest BCUT2D eigenvalue weighted by Crippen LogP contribution is 2.38. The fraction of sp³-hybridized carbons (Fsp3) is 0.238. The Balaban J connectivity index is 2.47. The van der Waals surface area contributed by atoms with Crippen LogP contribution in [0.4, 0.5) is 0 Å². The Hall–Kier alpha value is -3.48. The van der Waals surface area contributed by atoms with Crippen molar-refractivity contribution in [3.05, 3.63) is 63.8 Å². The molecule has 0 spiro atoms. The predicted molar refractivity (Wildman–Crippen MR) is 106 cm³/mol. The number of carbonyl (C=O) groups is 1. The maximum atomic E-state index is 11.9. The SMILES string of the molecule is COc1cc(/C=C\[C@@H](NC(C)=O)c2cccc(O)c(=O)c2)cc(OC)c1OC. The average molecular weight is 385 g/mol. The molecule has 2 N–H and O–H groups in total. The molecule has 0 aromatic heterocycles. The molecule has 2 rings (SSSR count). The summed E-state index contributed by atoms with van der Waals surface area (Å²) in [4.78, 5) is 23.5. The largest absolute Gasteiger partial charge is 0.504 e. The number of nitrogens with one attached hydrogen (secondary N) is 1. The van der Waals surface area contributed by atoms with Gasteiger partial charge in [0.25, 0.3) is 0 Å². The van der Waals surface area contributed by atoms with Crippen molar-refractivity contribution in [2.45, 2.75) is 13.0 Å². The lowest BCUT2D eigenvalue weighted by atomic mass is 10.1. The van der Waals surface area contributed by atoms with Crippen molar-refractivity contribution < 1.29 is 24.1 Å². The zero-order chi connectivity index (χ0) is 20.7. The van der Waals surface area contributed by atoms with Gasteiger partial charge >= 0.3 is 0 Å². The van der Waals surface area contributed by atoms with Crippen molar-refractivity contribution in [1.82, 2.24) is 5.32 Å². The van der Waals surface area contributed by atoms with E-state index in [0.717, 1.165) is 5.56 Å². The molecular formula is C21H23NO6. The molecule has 0 aliphatic carbocycles. The van der Waals surface area contributed by atoms with Gasteiger partial charge in [0.05, 0.1) is 27.4 Å². The van der Waals surface area contributed by atoms with Crippen LogP contribution >= 0.6 is 0 Å². The highest BCUT2D eigenvalue weighted by molar-refractivity contribution is 5.74. The van der Waals surface area contributed by atoms with E-state index >= 15 is 0 Å². The first-order valence-electron chi connectivity index (χ1n) is 8.48. The van der Waals surface area contributed by atoms with Crippen LogP contribution in [0.25, 0.3) is 6.08 Å². The third-order valence-electron chi connectivity index (χ3n) is 3.98.